The Morgan fingerprint density at radius 1 is 1.22 bits per heavy atom. The van der Waals surface area contributed by atoms with Gasteiger partial charge < -0.3 is 24.4 Å². The van der Waals surface area contributed by atoms with Crippen LogP contribution >= 0.6 is 0 Å². The fourth-order valence-electron chi connectivity index (χ4n) is 4.87. The maximum absolute atomic E-state index is 13.8. The third-order valence-electron chi connectivity index (χ3n) is 6.42. The number of benzene rings is 1. The van der Waals surface area contributed by atoms with Gasteiger partial charge in [-0.3, -0.25) is 9.59 Å². The van der Waals surface area contributed by atoms with Crippen molar-refractivity contribution in [3.05, 3.63) is 30.1 Å². The van der Waals surface area contributed by atoms with E-state index in [0.29, 0.717) is 70.6 Å². The van der Waals surface area contributed by atoms with E-state index in [9.17, 15) is 9.59 Å². The minimum absolute atomic E-state index is 0.0428. The average molecular weight is 442 g/mol. The molecule has 32 heavy (non-hydrogen) atoms. The van der Waals surface area contributed by atoms with E-state index in [4.69, 9.17) is 9.72 Å². The molecular formula is C24H35N5O3. The fourth-order valence-corrected chi connectivity index (χ4v) is 4.87. The summed E-state index contributed by atoms with van der Waals surface area (Å²) in [6, 6.07) is 7.84. The number of amides is 2. The van der Waals surface area contributed by atoms with E-state index in [1.54, 1.807) is 0 Å². The second-order valence-corrected chi connectivity index (χ2v) is 9.20. The van der Waals surface area contributed by atoms with Crippen LogP contribution in [0.3, 0.4) is 0 Å². The van der Waals surface area contributed by atoms with Crippen molar-refractivity contribution in [3.63, 3.8) is 0 Å². The molecule has 0 saturated carbocycles. The van der Waals surface area contributed by atoms with Crippen molar-refractivity contribution in [2.75, 3.05) is 45.9 Å². The fraction of sp³-hybridized carbons (Fsp3) is 0.625. The molecule has 2 aliphatic heterocycles. The van der Waals surface area contributed by atoms with Crippen molar-refractivity contribution in [1.82, 2.24) is 24.7 Å². The van der Waals surface area contributed by atoms with Crippen LogP contribution in [0.15, 0.2) is 24.3 Å². The minimum Gasteiger partial charge on any atom is -0.378 e. The number of aryl methyl sites for hydroxylation is 1. The van der Waals surface area contributed by atoms with Crippen molar-refractivity contribution in [2.45, 2.75) is 39.8 Å². The Kier molecular flexibility index (Phi) is 7.10. The quantitative estimate of drug-likeness (QED) is 0.742. The summed E-state index contributed by atoms with van der Waals surface area (Å²) in [5, 5.41) is 3.42. The number of carbonyl (C=O) groups excluding carboxylic acids is 2. The summed E-state index contributed by atoms with van der Waals surface area (Å²) >= 11 is 0. The molecule has 0 radical (unpaired) electrons. The van der Waals surface area contributed by atoms with Crippen LogP contribution in [0.2, 0.25) is 0 Å². The highest BCUT2D eigenvalue weighted by atomic mass is 16.5. The predicted octanol–water partition coefficient (Wildman–Crippen LogP) is 1.99. The van der Waals surface area contributed by atoms with Crippen molar-refractivity contribution in [1.29, 1.82) is 0 Å². The molecule has 2 saturated heterocycles. The highest BCUT2D eigenvalue weighted by Gasteiger charge is 2.36. The Labute approximate surface area is 189 Å². The molecule has 1 N–H and O–H groups in total. The van der Waals surface area contributed by atoms with Crippen molar-refractivity contribution < 1.29 is 14.3 Å². The number of imidazole rings is 1. The molecule has 2 aliphatic rings. The van der Waals surface area contributed by atoms with Crippen LogP contribution in [0.1, 0.15) is 37.8 Å². The van der Waals surface area contributed by atoms with Gasteiger partial charge in [-0.05, 0) is 31.4 Å². The lowest BCUT2D eigenvalue weighted by molar-refractivity contribution is -0.140. The van der Waals surface area contributed by atoms with E-state index >= 15 is 0 Å². The molecule has 0 aliphatic carbocycles. The Hall–Kier alpha value is -2.45. The number of carbonyl (C=O) groups is 2. The number of hydrogen-bond donors (Lipinski definition) is 1. The zero-order chi connectivity index (χ0) is 22.7. The lowest BCUT2D eigenvalue weighted by atomic mass is 9.92. The molecule has 4 rings (SSSR count). The molecule has 3 heterocycles. The first kappa shape index (κ1) is 22.7. The van der Waals surface area contributed by atoms with E-state index in [-0.39, 0.29) is 23.8 Å². The first-order chi connectivity index (χ1) is 15.5. The van der Waals surface area contributed by atoms with Gasteiger partial charge in [-0.1, -0.05) is 26.0 Å². The number of para-hydroxylation sites is 2. The van der Waals surface area contributed by atoms with Gasteiger partial charge in [-0.2, -0.15) is 0 Å². The van der Waals surface area contributed by atoms with E-state index in [2.05, 4.69) is 19.2 Å². The van der Waals surface area contributed by atoms with Gasteiger partial charge in [0.2, 0.25) is 5.91 Å². The summed E-state index contributed by atoms with van der Waals surface area (Å²) in [5.74, 6) is 0.787. The lowest BCUT2D eigenvalue weighted by Gasteiger charge is -2.40. The Bertz CT molecular complexity index is 950. The smallest absolute Gasteiger partial charge is 0.290 e. The van der Waals surface area contributed by atoms with Crippen LogP contribution in [0.5, 0.6) is 0 Å². The van der Waals surface area contributed by atoms with Gasteiger partial charge in [0.25, 0.3) is 5.91 Å². The number of ether oxygens (including phenoxy) is 1. The van der Waals surface area contributed by atoms with Crippen LogP contribution in [-0.4, -0.2) is 83.1 Å². The molecule has 8 nitrogen and oxygen atoms in total. The first-order valence-corrected chi connectivity index (χ1v) is 11.8. The van der Waals surface area contributed by atoms with Gasteiger partial charge in [0.05, 0.1) is 30.2 Å². The van der Waals surface area contributed by atoms with Gasteiger partial charge in [-0.25, -0.2) is 4.98 Å². The molecule has 2 aromatic rings. The molecule has 0 bridgehead atoms. The maximum atomic E-state index is 13.8. The minimum atomic E-state index is -0.126. The molecule has 0 unspecified atom stereocenters. The molecule has 1 aromatic heterocycles. The maximum Gasteiger partial charge on any atom is 0.290 e. The van der Waals surface area contributed by atoms with Crippen LogP contribution < -0.4 is 5.32 Å². The number of fused-ring (bicyclic) bond motifs is 1. The number of hydrogen-bond acceptors (Lipinski definition) is 5. The van der Waals surface area contributed by atoms with E-state index in [0.717, 1.165) is 11.0 Å². The molecule has 2 atom stereocenters. The van der Waals surface area contributed by atoms with Gasteiger partial charge in [0.15, 0.2) is 5.82 Å². The molecule has 2 fully saturated rings. The molecule has 174 valence electrons. The Morgan fingerprint density at radius 3 is 2.69 bits per heavy atom. The summed E-state index contributed by atoms with van der Waals surface area (Å²) < 4.78 is 7.39. The van der Waals surface area contributed by atoms with Crippen LogP contribution in [-0.2, 0) is 16.1 Å². The van der Waals surface area contributed by atoms with Crippen LogP contribution in [0.4, 0.5) is 0 Å². The third kappa shape index (κ3) is 4.66. The Balaban J connectivity index is 1.58. The van der Waals surface area contributed by atoms with Crippen LogP contribution in [0.25, 0.3) is 11.0 Å². The highest BCUT2D eigenvalue weighted by Crippen LogP contribution is 2.24. The summed E-state index contributed by atoms with van der Waals surface area (Å²) in [5.41, 5.74) is 1.81. The van der Waals surface area contributed by atoms with Crippen LogP contribution in [0, 0.1) is 11.8 Å². The summed E-state index contributed by atoms with van der Waals surface area (Å²) in [6.45, 7) is 11.4. The highest BCUT2D eigenvalue weighted by molar-refractivity contribution is 5.95. The monoisotopic (exact) mass is 441 g/mol. The van der Waals surface area contributed by atoms with Gasteiger partial charge in [-0.15, -0.1) is 0 Å². The predicted molar refractivity (Wildman–Crippen MR) is 123 cm³/mol. The zero-order valence-electron chi connectivity index (χ0n) is 19.4. The first-order valence-electron chi connectivity index (χ1n) is 11.8. The van der Waals surface area contributed by atoms with E-state index in [1.165, 1.54) is 0 Å². The second-order valence-electron chi connectivity index (χ2n) is 9.20. The van der Waals surface area contributed by atoms with Crippen molar-refractivity contribution in [2.24, 2.45) is 11.8 Å². The molecular weight excluding hydrogens is 406 g/mol. The number of piperidine rings is 1. The summed E-state index contributed by atoms with van der Waals surface area (Å²) in [7, 11) is 0. The van der Waals surface area contributed by atoms with Crippen molar-refractivity contribution in [3.8, 4) is 0 Å². The van der Waals surface area contributed by atoms with Crippen molar-refractivity contribution >= 4 is 22.8 Å². The van der Waals surface area contributed by atoms with Gasteiger partial charge in [0.1, 0.15) is 0 Å². The number of morpholine rings is 1. The largest absolute Gasteiger partial charge is 0.378 e. The molecule has 0 spiro atoms. The van der Waals surface area contributed by atoms with E-state index in [1.807, 2.05) is 45.6 Å². The van der Waals surface area contributed by atoms with Gasteiger partial charge in [0, 0.05) is 45.3 Å². The van der Waals surface area contributed by atoms with E-state index < -0.39 is 0 Å². The number of rotatable bonds is 6. The summed E-state index contributed by atoms with van der Waals surface area (Å²) in [4.78, 5) is 35.5. The molecule has 2 amide bonds. The Morgan fingerprint density at radius 2 is 1.97 bits per heavy atom. The zero-order valence-corrected chi connectivity index (χ0v) is 19.4. The topological polar surface area (TPSA) is 79.7 Å². The standard InChI is InChI=1S/C24H35N5O3/c1-4-28-21-8-6-5-7-20(21)26-22(28)24(31)29(16-17(2)3)19-13-18(14-25-15-19)23(30)27-9-11-32-12-10-27/h5-8,17-19,25H,4,9-16H2,1-3H3/t18-,19+/m1/s1. The third-order valence-corrected chi connectivity index (χ3v) is 6.42. The summed E-state index contributed by atoms with van der Waals surface area (Å²) in [6.07, 6.45) is 0.675. The lowest BCUT2D eigenvalue weighted by Crippen LogP contribution is -2.56. The molecule has 1 aromatic carbocycles. The number of nitrogens with one attached hydrogen (secondary N) is 1. The average Bonchev–Trinajstić information content (AvgIpc) is 3.21. The molecule has 8 heteroatoms. The number of aromatic nitrogens is 2. The normalized spacial score (nSPS) is 21.8. The van der Waals surface area contributed by atoms with Gasteiger partial charge >= 0.3 is 0 Å². The SMILES string of the molecule is CCn1c(C(=O)N(CC(C)C)[C@@H]2CNC[C@H](C(=O)N3CCOCC3)C2)nc2ccccc21. The second kappa shape index (κ2) is 10.0. The number of nitrogens with zero attached hydrogens (tertiary/aromatic N) is 4.